The Balaban J connectivity index is 2.46. The number of hydrogen-bond donors (Lipinski definition) is 2. The van der Waals surface area contributed by atoms with Crippen LogP contribution in [0.5, 0.6) is 0 Å². The topological polar surface area (TPSA) is 40.5 Å². The maximum Gasteiger partial charge on any atom is 0.0431 e. The zero-order valence-corrected chi connectivity index (χ0v) is 9.86. The van der Waals surface area contributed by atoms with Crippen LogP contribution in [-0.2, 0) is 12.8 Å². The van der Waals surface area contributed by atoms with Crippen LogP contribution in [0.15, 0.2) is 24.3 Å². The summed E-state index contributed by atoms with van der Waals surface area (Å²) in [5.74, 6) is 0. The SMILES string of the molecule is OCCCCc1ccccc1CCCCO. The first kappa shape index (κ1) is 13.2. The molecule has 0 fully saturated rings. The predicted octanol–water partition coefficient (Wildman–Crippen LogP) is 2.32. The van der Waals surface area contributed by atoms with Gasteiger partial charge in [-0.1, -0.05) is 24.3 Å². The van der Waals surface area contributed by atoms with E-state index in [0.717, 1.165) is 38.5 Å². The van der Waals surface area contributed by atoms with Crippen molar-refractivity contribution in [1.82, 2.24) is 0 Å². The van der Waals surface area contributed by atoms with Gasteiger partial charge in [0, 0.05) is 13.2 Å². The van der Waals surface area contributed by atoms with Crippen LogP contribution in [0.2, 0.25) is 0 Å². The van der Waals surface area contributed by atoms with Gasteiger partial charge in [0.05, 0.1) is 0 Å². The second-order valence-electron chi connectivity index (χ2n) is 4.13. The van der Waals surface area contributed by atoms with Crippen molar-refractivity contribution < 1.29 is 10.2 Å². The maximum atomic E-state index is 8.76. The predicted molar refractivity (Wildman–Crippen MR) is 66.5 cm³/mol. The van der Waals surface area contributed by atoms with Gasteiger partial charge in [-0.05, 0) is 49.7 Å². The molecule has 0 aliphatic carbocycles. The lowest BCUT2D eigenvalue weighted by atomic mass is 9.98. The van der Waals surface area contributed by atoms with E-state index in [0.29, 0.717) is 0 Å². The van der Waals surface area contributed by atoms with E-state index in [1.807, 2.05) is 0 Å². The summed E-state index contributed by atoms with van der Waals surface area (Å²) in [6.07, 6.45) is 5.96. The van der Waals surface area contributed by atoms with Crippen molar-refractivity contribution in [1.29, 1.82) is 0 Å². The zero-order valence-electron chi connectivity index (χ0n) is 9.86. The van der Waals surface area contributed by atoms with Crippen LogP contribution in [0.4, 0.5) is 0 Å². The zero-order chi connectivity index (χ0) is 11.6. The van der Waals surface area contributed by atoms with Crippen LogP contribution in [0.1, 0.15) is 36.8 Å². The molecule has 0 heterocycles. The number of aryl methyl sites for hydroxylation is 2. The third kappa shape index (κ3) is 4.77. The molecule has 0 saturated heterocycles. The normalized spacial score (nSPS) is 10.6. The number of aliphatic hydroxyl groups excluding tert-OH is 2. The highest BCUT2D eigenvalue weighted by Crippen LogP contribution is 2.14. The fourth-order valence-corrected chi connectivity index (χ4v) is 1.90. The number of unbranched alkanes of at least 4 members (excludes halogenated alkanes) is 2. The maximum absolute atomic E-state index is 8.76. The van der Waals surface area contributed by atoms with Crippen LogP contribution in [0, 0.1) is 0 Å². The Kier molecular flexibility index (Phi) is 6.86. The van der Waals surface area contributed by atoms with Gasteiger partial charge in [0.15, 0.2) is 0 Å². The van der Waals surface area contributed by atoms with E-state index in [4.69, 9.17) is 10.2 Å². The highest BCUT2D eigenvalue weighted by Gasteiger charge is 2.01. The Morgan fingerprint density at radius 2 is 1.12 bits per heavy atom. The molecule has 0 atom stereocenters. The van der Waals surface area contributed by atoms with Gasteiger partial charge >= 0.3 is 0 Å². The summed E-state index contributed by atoms with van der Waals surface area (Å²) < 4.78 is 0. The lowest BCUT2D eigenvalue weighted by Crippen LogP contribution is -1.96. The van der Waals surface area contributed by atoms with Crippen molar-refractivity contribution in [3.05, 3.63) is 35.4 Å². The summed E-state index contributed by atoms with van der Waals surface area (Å²) in [5, 5.41) is 17.5. The minimum atomic E-state index is 0.284. The van der Waals surface area contributed by atoms with Crippen molar-refractivity contribution in [3.63, 3.8) is 0 Å². The molecule has 0 spiro atoms. The molecule has 2 N–H and O–H groups in total. The Hall–Kier alpha value is -0.860. The third-order valence-electron chi connectivity index (χ3n) is 2.83. The second kappa shape index (κ2) is 8.31. The quantitative estimate of drug-likeness (QED) is 0.663. The average Bonchev–Trinajstić information content (AvgIpc) is 2.32. The van der Waals surface area contributed by atoms with E-state index in [9.17, 15) is 0 Å². The van der Waals surface area contributed by atoms with Gasteiger partial charge < -0.3 is 10.2 Å². The highest BCUT2D eigenvalue weighted by atomic mass is 16.3. The molecule has 0 unspecified atom stereocenters. The van der Waals surface area contributed by atoms with Gasteiger partial charge in [0.2, 0.25) is 0 Å². The van der Waals surface area contributed by atoms with E-state index in [-0.39, 0.29) is 13.2 Å². The smallest absolute Gasteiger partial charge is 0.0431 e. The third-order valence-corrected chi connectivity index (χ3v) is 2.83. The molecule has 90 valence electrons. The molecule has 1 rings (SSSR count). The Morgan fingerprint density at radius 1 is 0.688 bits per heavy atom. The van der Waals surface area contributed by atoms with Crippen molar-refractivity contribution >= 4 is 0 Å². The summed E-state index contributed by atoms with van der Waals surface area (Å²) in [5.41, 5.74) is 2.79. The van der Waals surface area contributed by atoms with Gasteiger partial charge in [-0.2, -0.15) is 0 Å². The molecule has 1 aromatic carbocycles. The summed E-state index contributed by atoms with van der Waals surface area (Å²) in [6.45, 7) is 0.569. The van der Waals surface area contributed by atoms with E-state index in [1.54, 1.807) is 0 Å². The largest absolute Gasteiger partial charge is 0.396 e. The van der Waals surface area contributed by atoms with Crippen LogP contribution < -0.4 is 0 Å². The first-order chi connectivity index (χ1) is 7.88. The Labute approximate surface area is 97.9 Å². The van der Waals surface area contributed by atoms with Crippen molar-refractivity contribution in [2.24, 2.45) is 0 Å². The number of aliphatic hydroxyl groups is 2. The Morgan fingerprint density at radius 3 is 1.50 bits per heavy atom. The molecule has 0 amide bonds. The van der Waals surface area contributed by atoms with E-state index >= 15 is 0 Å². The molecule has 2 nitrogen and oxygen atoms in total. The molecule has 0 aliphatic rings. The van der Waals surface area contributed by atoms with Crippen LogP contribution in [0.3, 0.4) is 0 Å². The average molecular weight is 222 g/mol. The lowest BCUT2D eigenvalue weighted by Gasteiger charge is -2.08. The fourth-order valence-electron chi connectivity index (χ4n) is 1.90. The first-order valence-corrected chi connectivity index (χ1v) is 6.17. The minimum absolute atomic E-state index is 0.284. The van der Waals surface area contributed by atoms with Crippen molar-refractivity contribution in [2.45, 2.75) is 38.5 Å². The lowest BCUT2D eigenvalue weighted by molar-refractivity contribution is 0.283. The van der Waals surface area contributed by atoms with Gasteiger partial charge in [-0.25, -0.2) is 0 Å². The molecule has 0 bridgehead atoms. The standard InChI is InChI=1S/C14H22O2/c15-11-5-3-9-13-7-1-2-8-14(13)10-4-6-12-16/h1-2,7-8,15-16H,3-6,9-12H2. The van der Waals surface area contributed by atoms with Gasteiger partial charge in [-0.15, -0.1) is 0 Å². The molecule has 0 saturated carbocycles. The van der Waals surface area contributed by atoms with E-state index in [2.05, 4.69) is 24.3 Å². The molecular weight excluding hydrogens is 200 g/mol. The molecule has 0 aliphatic heterocycles. The van der Waals surface area contributed by atoms with E-state index in [1.165, 1.54) is 11.1 Å². The molecule has 1 aromatic rings. The second-order valence-corrected chi connectivity index (χ2v) is 4.13. The summed E-state index contributed by atoms with van der Waals surface area (Å²) in [6, 6.07) is 8.49. The highest BCUT2D eigenvalue weighted by molar-refractivity contribution is 5.27. The number of rotatable bonds is 8. The number of benzene rings is 1. The molecule has 2 heteroatoms. The summed E-state index contributed by atoms with van der Waals surface area (Å²) in [4.78, 5) is 0. The monoisotopic (exact) mass is 222 g/mol. The van der Waals surface area contributed by atoms with Gasteiger partial charge in [0.1, 0.15) is 0 Å². The van der Waals surface area contributed by atoms with Crippen molar-refractivity contribution in [2.75, 3.05) is 13.2 Å². The summed E-state index contributed by atoms with van der Waals surface area (Å²) in [7, 11) is 0. The molecule has 0 aromatic heterocycles. The first-order valence-electron chi connectivity index (χ1n) is 6.17. The van der Waals surface area contributed by atoms with Crippen molar-refractivity contribution in [3.8, 4) is 0 Å². The van der Waals surface area contributed by atoms with Crippen LogP contribution in [-0.4, -0.2) is 23.4 Å². The molecule has 0 radical (unpaired) electrons. The number of hydrogen-bond acceptors (Lipinski definition) is 2. The summed E-state index contributed by atoms with van der Waals surface area (Å²) >= 11 is 0. The van der Waals surface area contributed by atoms with E-state index < -0.39 is 0 Å². The molecule has 16 heavy (non-hydrogen) atoms. The van der Waals surface area contributed by atoms with Crippen LogP contribution >= 0.6 is 0 Å². The van der Waals surface area contributed by atoms with Gasteiger partial charge in [-0.3, -0.25) is 0 Å². The van der Waals surface area contributed by atoms with Crippen LogP contribution in [0.25, 0.3) is 0 Å². The fraction of sp³-hybridized carbons (Fsp3) is 0.571. The minimum Gasteiger partial charge on any atom is -0.396 e. The van der Waals surface area contributed by atoms with Gasteiger partial charge in [0.25, 0.3) is 0 Å². The molecular formula is C14H22O2. The Bertz CT molecular complexity index is 255.